The van der Waals surface area contributed by atoms with Crippen LogP contribution in [-0.4, -0.2) is 57.6 Å². The van der Waals surface area contributed by atoms with Gasteiger partial charge in [0.05, 0.1) is 19.1 Å². The highest BCUT2D eigenvalue weighted by atomic mass is 79.9. The molecular weight excluding hydrogens is 582 g/mol. The van der Waals surface area contributed by atoms with E-state index < -0.39 is 28.5 Å². The van der Waals surface area contributed by atoms with Crippen molar-refractivity contribution in [1.29, 1.82) is 0 Å². The second kappa shape index (κ2) is 14.1. The van der Waals surface area contributed by atoms with Crippen LogP contribution in [0.4, 0.5) is 5.69 Å². The van der Waals surface area contributed by atoms with Gasteiger partial charge in [-0.25, -0.2) is 8.42 Å². The quantitative estimate of drug-likeness (QED) is 0.308. The first-order valence-corrected chi connectivity index (χ1v) is 15.2. The minimum Gasteiger partial charge on any atom is -0.497 e. The maximum atomic E-state index is 14.0. The van der Waals surface area contributed by atoms with Crippen molar-refractivity contribution in [2.75, 3.05) is 30.8 Å². The molecule has 208 valence electrons. The Bertz CT molecular complexity index is 1370. The molecule has 0 aliphatic carbocycles. The zero-order valence-corrected chi connectivity index (χ0v) is 24.7. The molecule has 0 heterocycles. The number of halogens is 1. The van der Waals surface area contributed by atoms with Gasteiger partial charge in [0, 0.05) is 30.0 Å². The molecule has 0 bridgehead atoms. The van der Waals surface area contributed by atoms with Gasteiger partial charge in [-0.3, -0.25) is 13.9 Å². The van der Waals surface area contributed by atoms with Crippen LogP contribution in [0.5, 0.6) is 5.75 Å². The van der Waals surface area contributed by atoms with E-state index in [1.54, 1.807) is 24.3 Å². The van der Waals surface area contributed by atoms with Crippen molar-refractivity contribution in [2.45, 2.75) is 32.4 Å². The standard InChI is InChI=1S/C29H34BrN3O5S/c1-4-16-31-29(35)27(18-22-10-6-5-7-11-22)32(20-23-12-8-13-24(30)17-23)28(34)21-33(39(3,36)37)25-14-9-15-26(19-25)38-2/h5-15,17,19,27H,4,16,18,20-21H2,1-3H3,(H,31,35)/t27-/m1/s1. The molecule has 0 aromatic heterocycles. The Morgan fingerprint density at radius 1 is 0.974 bits per heavy atom. The lowest BCUT2D eigenvalue weighted by molar-refractivity contribution is -0.140. The van der Waals surface area contributed by atoms with E-state index in [-0.39, 0.29) is 18.9 Å². The number of methoxy groups -OCH3 is 1. The number of carbonyl (C=O) groups excluding carboxylic acids is 2. The van der Waals surface area contributed by atoms with Gasteiger partial charge in [0.15, 0.2) is 0 Å². The number of rotatable bonds is 13. The van der Waals surface area contributed by atoms with Crippen LogP contribution in [0.2, 0.25) is 0 Å². The molecular formula is C29H34BrN3O5S. The van der Waals surface area contributed by atoms with Gasteiger partial charge in [-0.15, -0.1) is 0 Å². The fourth-order valence-electron chi connectivity index (χ4n) is 4.13. The number of anilines is 1. The maximum absolute atomic E-state index is 14.0. The molecule has 0 radical (unpaired) electrons. The van der Waals surface area contributed by atoms with Crippen molar-refractivity contribution in [3.8, 4) is 5.75 Å². The third-order valence-corrected chi connectivity index (χ3v) is 7.72. The minimum absolute atomic E-state index is 0.116. The normalized spacial score (nSPS) is 11.9. The summed E-state index contributed by atoms with van der Waals surface area (Å²) in [5, 5.41) is 2.93. The molecule has 3 aromatic carbocycles. The fraction of sp³-hybridized carbons (Fsp3) is 0.310. The predicted octanol–water partition coefficient (Wildman–Crippen LogP) is 4.39. The first-order valence-electron chi connectivity index (χ1n) is 12.6. The van der Waals surface area contributed by atoms with E-state index >= 15 is 0 Å². The Hall–Kier alpha value is -3.37. The van der Waals surface area contributed by atoms with E-state index in [1.165, 1.54) is 12.0 Å². The summed E-state index contributed by atoms with van der Waals surface area (Å²) in [6.45, 7) is 2.05. The average Bonchev–Trinajstić information content (AvgIpc) is 2.92. The van der Waals surface area contributed by atoms with E-state index in [4.69, 9.17) is 4.74 Å². The van der Waals surface area contributed by atoms with Gasteiger partial charge in [0.25, 0.3) is 0 Å². The summed E-state index contributed by atoms with van der Waals surface area (Å²) in [5.74, 6) is -0.340. The number of amides is 2. The molecule has 10 heteroatoms. The first kappa shape index (κ1) is 30.2. The van der Waals surface area contributed by atoms with Crippen molar-refractivity contribution in [1.82, 2.24) is 10.2 Å². The number of benzene rings is 3. The van der Waals surface area contributed by atoms with Crippen molar-refractivity contribution >= 4 is 43.5 Å². The summed E-state index contributed by atoms with van der Waals surface area (Å²) in [6.07, 6.45) is 2.06. The maximum Gasteiger partial charge on any atom is 0.244 e. The number of sulfonamides is 1. The van der Waals surface area contributed by atoms with Crippen molar-refractivity contribution in [2.24, 2.45) is 0 Å². The third kappa shape index (κ3) is 8.83. The molecule has 0 aliphatic heterocycles. The zero-order chi connectivity index (χ0) is 28.4. The van der Waals surface area contributed by atoms with Gasteiger partial charge in [-0.05, 0) is 41.8 Å². The number of nitrogens with one attached hydrogen (secondary N) is 1. The Balaban J connectivity index is 2.04. The topological polar surface area (TPSA) is 96.0 Å². The number of hydrogen-bond acceptors (Lipinski definition) is 5. The van der Waals surface area contributed by atoms with Gasteiger partial charge in [-0.1, -0.05) is 71.4 Å². The monoisotopic (exact) mass is 615 g/mol. The van der Waals surface area contributed by atoms with Crippen molar-refractivity contribution in [3.63, 3.8) is 0 Å². The molecule has 39 heavy (non-hydrogen) atoms. The van der Waals surface area contributed by atoms with E-state index in [9.17, 15) is 18.0 Å². The lowest BCUT2D eigenvalue weighted by Gasteiger charge is -2.33. The summed E-state index contributed by atoms with van der Waals surface area (Å²) in [5.41, 5.74) is 1.97. The van der Waals surface area contributed by atoms with Crippen LogP contribution in [0.1, 0.15) is 24.5 Å². The van der Waals surface area contributed by atoms with Crippen LogP contribution in [-0.2, 0) is 32.6 Å². The molecule has 0 fully saturated rings. The second-order valence-electron chi connectivity index (χ2n) is 9.12. The van der Waals surface area contributed by atoms with Gasteiger partial charge < -0.3 is 15.0 Å². The molecule has 2 amide bonds. The van der Waals surface area contributed by atoms with Gasteiger partial charge in [0.2, 0.25) is 21.8 Å². The van der Waals surface area contributed by atoms with E-state index in [1.807, 2.05) is 61.5 Å². The van der Waals surface area contributed by atoms with Crippen molar-refractivity contribution in [3.05, 3.63) is 94.5 Å². The smallest absolute Gasteiger partial charge is 0.244 e. The number of carbonyl (C=O) groups is 2. The van der Waals surface area contributed by atoms with Gasteiger partial charge in [-0.2, -0.15) is 0 Å². The average molecular weight is 617 g/mol. The Morgan fingerprint density at radius 2 is 1.67 bits per heavy atom. The van der Waals surface area contributed by atoms with Crippen LogP contribution >= 0.6 is 15.9 Å². The highest BCUT2D eigenvalue weighted by molar-refractivity contribution is 9.10. The van der Waals surface area contributed by atoms with Gasteiger partial charge in [0.1, 0.15) is 18.3 Å². The van der Waals surface area contributed by atoms with Crippen LogP contribution < -0.4 is 14.4 Å². The van der Waals surface area contributed by atoms with E-state index in [0.717, 1.165) is 32.6 Å². The van der Waals surface area contributed by atoms with Crippen molar-refractivity contribution < 1.29 is 22.7 Å². The number of nitrogens with zero attached hydrogens (tertiary/aromatic N) is 2. The SMILES string of the molecule is CCCNC(=O)[C@@H](Cc1ccccc1)N(Cc1cccc(Br)c1)C(=O)CN(c1cccc(OC)c1)S(C)(=O)=O. The fourth-order valence-corrected chi connectivity index (χ4v) is 5.42. The lowest BCUT2D eigenvalue weighted by Crippen LogP contribution is -2.53. The summed E-state index contributed by atoms with van der Waals surface area (Å²) >= 11 is 3.47. The second-order valence-corrected chi connectivity index (χ2v) is 11.9. The van der Waals surface area contributed by atoms with Crippen LogP contribution in [0.25, 0.3) is 0 Å². The number of hydrogen-bond donors (Lipinski definition) is 1. The summed E-state index contributed by atoms with van der Waals surface area (Å²) in [4.78, 5) is 29.0. The Morgan fingerprint density at radius 3 is 2.31 bits per heavy atom. The summed E-state index contributed by atoms with van der Waals surface area (Å²) in [6, 6.07) is 22.6. The molecule has 1 N–H and O–H groups in total. The molecule has 0 aliphatic rings. The highest BCUT2D eigenvalue weighted by Crippen LogP contribution is 2.24. The van der Waals surface area contributed by atoms with Crippen LogP contribution in [0.15, 0.2) is 83.3 Å². The lowest BCUT2D eigenvalue weighted by atomic mass is 10.0. The molecule has 0 spiro atoms. The van der Waals surface area contributed by atoms with Crippen LogP contribution in [0.3, 0.4) is 0 Å². The minimum atomic E-state index is -3.85. The summed E-state index contributed by atoms with van der Waals surface area (Å²) < 4.78 is 32.8. The molecule has 3 aromatic rings. The highest BCUT2D eigenvalue weighted by Gasteiger charge is 2.33. The molecule has 0 unspecified atom stereocenters. The molecule has 0 saturated heterocycles. The molecule has 1 atom stereocenters. The van der Waals surface area contributed by atoms with Crippen LogP contribution in [0, 0.1) is 0 Å². The zero-order valence-electron chi connectivity index (χ0n) is 22.3. The van der Waals surface area contributed by atoms with Gasteiger partial charge >= 0.3 is 0 Å². The largest absolute Gasteiger partial charge is 0.497 e. The molecule has 3 rings (SSSR count). The first-order chi connectivity index (χ1) is 18.6. The van der Waals surface area contributed by atoms with E-state index in [2.05, 4.69) is 21.2 Å². The number of ether oxygens (including phenoxy) is 1. The Kier molecular flexibility index (Phi) is 10.9. The van der Waals surface area contributed by atoms with E-state index in [0.29, 0.717) is 18.0 Å². The Labute approximate surface area is 239 Å². The summed E-state index contributed by atoms with van der Waals surface area (Å²) in [7, 11) is -2.36. The third-order valence-electron chi connectivity index (χ3n) is 6.08. The molecule has 0 saturated carbocycles. The molecule has 8 nitrogen and oxygen atoms in total. The predicted molar refractivity (Wildman–Crippen MR) is 157 cm³/mol.